The van der Waals surface area contributed by atoms with Gasteiger partial charge in [-0.1, -0.05) is 13.8 Å². The summed E-state index contributed by atoms with van der Waals surface area (Å²) in [4.78, 5) is 0. The van der Waals surface area contributed by atoms with Gasteiger partial charge in [0.25, 0.3) is 0 Å². The van der Waals surface area contributed by atoms with Crippen LogP contribution in [0.15, 0.2) is 0 Å². The molecule has 0 fully saturated rings. The van der Waals surface area contributed by atoms with E-state index in [1.165, 1.54) is 0 Å². The molecule has 0 bridgehead atoms. The van der Waals surface area contributed by atoms with Gasteiger partial charge in [-0.05, 0) is 12.8 Å². The van der Waals surface area contributed by atoms with Gasteiger partial charge in [-0.2, -0.15) is 0 Å². The molecule has 3 heteroatoms. The summed E-state index contributed by atoms with van der Waals surface area (Å²) in [5.74, 6) is 0.578. The highest BCUT2D eigenvalue weighted by molar-refractivity contribution is 4.53. The number of nitrogens with two attached hydrogens (primary N) is 1. The van der Waals surface area contributed by atoms with E-state index in [0.29, 0.717) is 25.3 Å². The van der Waals surface area contributed by atoms with E-state index in [-0.39, 0.29) is 0 Å². The van der Waals surface area contributed by atoms with Crippen molar-refractivity contribution in [2.24, 2.45) is 11.7 Å². The van der Waals surface area contributed by atoms with Gasteiger partial charge in [-0.25, -0.2) is 0 Å². The van der Waals surface area contributed by atoms with Crippen molar-refractivity contribution in [1.82, 2.24) is 5.32 Å². The summed E-state index contributed by atoms with van der Waals surface area (Å²) in [6.45, 7) is 8.47. The molecule has 0 aliphatic carbocycles. The average Bonchev–Trinajstić information content (AvgIpc) is 1.97. The van der Waals surface area contributed by atoms with Crippen LogP contribution < -0.4 is 11.1 Å². The van der Waals surface area contributed by atoms with Crippen molar-refractivity contribution in [3.8, 4) is 0 Å². The molecule has 0 saturated heterocycles. The molecule has 0 rings (SSSR count). The molecule has 3 nitrogen and oxygen atoms in total. The zero-order valence-electron chi connectivity index (χ0n) is 7.76. The summed E-state index contributed by atoms with van der Waals surface area (Å²) in [5.41, 5.74) is 5.29. The third-order valence-corrected chi connectivity index (χ3v) is 1.71. The Balaban J connectivity index is 3.10. The van der Waals surface area contributed by atoms with Crippen LogP contribution in [0.1, 0.15) is 20.8 Å². The fourth-order valence-corrected chi connectivity index (χ4v) is 0.557. The standard InChI is InChI=1S/C8H20N2O/c1-7(2)8(3)11-6-10-5-4-9/h7-8,10H,4-6,9H2,1-3H3/t8-/m0/s1. The molecule has 0 aromatic carbocycles. The quantitative estimate of drug-likeness (QED) is 0.441. The van der Waals surface area contributed by atoms with Crippen molar-refractivity contribution >= 4 is 0 Å². The highest BCUT2D eigenvalue weighted by Crippen LogP contribution is 2.03. The normalized spacial score (nSPS) is 13.9. The molecule has 0 aliphatic heterocycles. The fourth-order valence-electron chi connectivity index (χ4n) is 0.557. The maximum atomic E-state index is 5.44. The molecule has 0 aliphatic rings. The Bertz CT molecular complexity index is 86.2. The van der Waals surface area contributed by atoms with Gasteiger partial charge in [0.2, 0.25) is 0 Å². The van der Waals surface area contributed by atoms with Crippen LogP contribution >= 0.6 is 0 Å². The lowest BCUT2D eigenvalue weighted by Gasteiger charge is -2.16. The second-order valence-corrected chi connectivity index (χ2v) is 3.05. The van der Waals surface area contributed by atoms with Crippen LogP contribution in [0.4, 0.5) is 0 Å². The molecule has 0 radical (unpaired) electrons. The van der Waals surface area contributed by atoms with Crippen molar-refractivity contribution < 1.29 is 4.74 Å². The molecule has 0 saturated carbocycles. The Morgan fingerprint density at radius 1 is 1.36 bits per heavy atom. The number of ether oxygens (including phenoxy) is 1. The van der Waals surface area contributed by atoms with Crippen LogP contribution in [0.2, 0.25) is 0 Å². The maximum absolute atomic E-state index is 5.44. The van der Waals surface area contributed by atoms with Crippen LogP contribution in [0.25, 0.3) is 0 Å². The van der Waals surface area contributed by atoms with Crippen molar-refractivity contribution in [2.45, 2.75) is 26.9 Å². The van der Waals surface area contributed by atoms with Gasteiger partial charge in [0.15, 0.2) is 0 Å². The largest absolute Gasteiger partial charge is 0.363 e. The smallest absolute Gasteiger partial charge is 0.0969 e. The minimum absolute atomic E-state index is 0.320. The fraction of sp³-hybridized carbons (Fsp3) is 1.00. The molecule has 0 heterocycles. The molecule has 0 aromatic rings. The van der Waals surface area contributed by atoms with Crippen molar-refractivity contribution in [1.29, 1.82) is 0 Å². The molecule has 0 amide bonds. The van der Waals surface area contributed by atoms with E-state index in [2.05, 4.69) is 26.1 Å². The maximum Gasteiger partial charge on any atom is 0.0969 e. The third-order valence-electron chi connectivity index (χ3n) is 1.71. The SMILES string of the molecule is CC(C)[C@H](C)OCNCCN. The first-order valence-corrected chi connectivity index (χ1v) is 4.21. The lowest BCUT2D eigenvalue weighted by molar-refractivity contribution is 0.0246. The molecule has 11 heavy (non-hydrogen) atoms. The summed E-state index contributed by atoms with van der Waals surface area (Å²) in [6, 6.07) is 0. The molecule has 3 N–H and O–H groups in total. The predicted octanol–water partition coefficient (Wildman–Crippen LogP) is 0.553. The Morgan fingerprint density at radius 3 is 2.45 bits per heavy atom. The number of rotatable bonds is 6. The second-order valence-electron chi connectivity index (χ2n) is 3.05. The van der Waals surface area contributed by atoms with Gasteiger partial charge >= 0.3 is 0 Å². The van der Waals surface area contributed by atoms with Crippen molar-refractivity contribution in [3.63, 3.8) is 0 Å². The van der Waals surface area contributed by atoms with Crippen molar-refractivity contribution in [3.05, 3.63) is 0 Å². The molecular formula is C8H20N2O. The van der Waals surface area contributed by atoms with Crippen LogP contribution in [0.5, 0.6) is 0 Å². The van der Waals surface area contributed by atoms with Crippen molar-refractivity contribution in [2.75, 3.05) is 19.8 Å². The summed E-state index contributed by atoms with van der Waals surface area (Å²) in [7, 11) is 0. The molecule has 0 unspecified atom stereocenters. The van der Waals surface area contributed by atoms with Gasteiger partial charge in [0, 0.05) is 13.1 Å². The summed E-state index contributed by atoms with van der Waals surface area (Å²) in [5, 5.41) is 3.07. The van der Waals surface area contributed by atoms with E-state index in [1.54, 1.807) is 0 Å². The Morgan fingerprint density at radius 2 is 2.00 bits per heavy atom. The first-order valence-electron chi connectivity index (χ1n) is 4.21. The number of hydrogen-bond acceptors (Lipinski definition) is 3. The monoisotopic (exact) mass is 160 g/mol. The van der Waals surface area contributed by atoms with Crippen LogP contribution in [0, 0.1) is 5.92 Å². The van der Waals surface area contributed by atoms with Crippen LogP contribution in [-0.2, 0) is 4.74 Å². The zero-order chi connectivity index (χ0) is 8.69. The zero-order valence-corrected chi connectivity index (χ0v) is 7.76. The third kappa shape index (κ3) is 6.28. The minimum atomic E-state index is 0.320. The minimum Gasteiger partial charge on any atom is -0.363 e. The molecule has 1 atom stereocenters. The first-order chi connectivity index (χ1) is 5.18. The Kier molecular flexibility index (Phi) is 6.51. The van der Waals surface area contributed by atoms with E-state index in [1.807, 2.05) is 0 Å². The van der Waals surface area contributed by atoms with E-state index in [4.69, 9.17) is 10.5 Å². The molecule has 0 aromatic heterocycles. The van der Waals surface area contributed by atoms with Crippen LogP contribution in [-0.4, -0.2) is 25.9 Å². The highest BCUT2D eigenvalue weighted by Gasteiger charge is 2.05. The predicted molar refractivity (Wildman–Crippen MR) is 47.3 cm³/mol. The number of hydrogen-bond donors (Lipinski definition) is 2. The van der Waals surface area contributed by atoms with Crippen LogP contribution in [0.3, 0.4) is 0 Å². The Hall–Kier alpha value is -0.120. The molecular weight excluding hydrogens is 140 g/mol. The van der Waals surface area contributed by atoms with Gasteiger partial charge < -0.3 is 10.5 Å². The number of nitrogens with one attached hydrogen (secondary N) is 1. The molecule has 0 spiro atoms. The Labute approximate surface area is 69.3 Å². The summed E-state index contributed by atoms with van der Waals surface area (Å²) in [6.07, 6.45) is 0.320. The second kappa shape index (κ2) is 6.58. The summed E-state index contributed by atoms with van der Waals surface area (Å²) >= 11 is 0. The van der Waals surface area contributed by atoms with E-state index in [0.717, 1.165) is 6.54 Å². The average molecular weight is 160 g/mol. The first kappa shape index (κ1) is 10.9. The van der Waals surface area contributed by atoms with Gasteiger partial charge in [-0.3, -0.25) is 5.32 Å². The molecule has 68 valence electrons. The van der Waals surface area contributed by atoms with Gasteiger partial charge in [0.05, 0.1) is 12.8 Å². The topological polar surface area (TPSA) is 47.3 Å². The summed E-state index contributed by atoms with van der Waals surface area (Å²) < 4.78 is 5.44. The lowest BCUT2D eigenvalue weighted by Crippen LogP contribution is -2.28. The van der Waals surface area contributed by atoms with Gasteiger partial charge in [0.1, 0.15) is 0 Å². The highest BCUT2D eigenvalue weighted by atomic mass is 16.5. The van der Waals surface area contributed by atoms with E-state index >= 15 is 0 Å². The van der Waals surface area contributed by atoms with E-state index < -0.39 is 0 Å². The van der Waals surface area contributed by atoms with Gasteiger partial charge in [-0.15, -0.1) is 0 Å². The van der Waals surface area contributed by atoms with E-state index in [9.17, 15) is 0 Å². The lowest BCUT2D eigenvalue weighted by atomic mass is 10.1.